The predicted octanol–water partition coefficient (Wildman–Crippen LogP) is 0.497. The lowest BCUT2D eigenvalue weighted by Crippen LogP contribution is -2.32. The lowest BCUT2D eigenvalue weighted by molar-refractivity contribution is 0.0695. The number of hydrogen-bond donors (Lipinski definition) is 2. The molecular weight excluding hydrogens is 296 g/mol. The van der Waals surface area contributed by atoms with Gasteiger partial charge in [-0.25, -0.2) is 13.6 Å². The van der Waals surface area contributed by atoms with Crippen molar-refractivity contribution in [2.24, 2.45) is 5.14 Å². The second-order valence-electron chi connectivity index (χ2n) is 4.39. The molecule has 0 heterocycles. The Morgan fingerprint density at radius 1 is 1.43 bits per heavy atom. The first-order valence-electron chi connectivity index (χ1n) is 6.40. The zero-order chi connectivity index (χ0) is 16.0. The van der Waals surface area contributed by atoms with Crippen molar-refractivity contribution in [2.45, 2.75) is 24.8 Å². The highest BCUT2D eigenvalue weighted by Gasteiger charge is 2.18. The Morgan fingerprint density at radius 3 is 2.62 bits per heavy atom. The summed E-state index contributed by atoms with van der Waals surface area (Å²) >= 11 is 0. The zero-order valence-corrected chi connectivity index (χ0v) is 13.1. The molecule has 3 N–H and O–H groups in total. The van der Waals surface area contributed by atoms with E-state index in [1.807, 2.05) is 13.8 Å². The Morgan fingerprint density at radius 2 is 2.10 bits per heavy atom. The molecule has 0 bridgehead atoms. The van der Waals surface area contributed by atoms with E-state index in [2.05, 4.69) is 5.32 Å². The first-order chi connectivity index (χ1) is 9.79. The van der Waals surface area contributed by atoms with E-state index < -0.39 is 15.9 Å². The summed E-state index contributed by atoms with van der Waals surface area (Å²) < 4.78 is 33.2. The van der Waals surface area contributed by atoms with Crippen molar-refractivity contribution in [3.05, 3.63) is 23.8 Å². The van der Waals surface area contributed by atoms with Gasteiger partial charge in [-0.3, -0.25) is 4.79 Å². The van der Waals surface area contributed by atoms with Gasteiger partial charge < -0.3 is 14.8 Å². The summed E-state index contributed by atoms with van der Waals surface area (Å²) in [5.74, 6) is -0.314. The minimum atomic E-state index is -3.97. The number of rotatable bonds is 7. The summed E-state index contributed by atoms with van der Waals surface area (Å²) in [7, 11) is -2.64. The van der Waals surface area contributed by atoms with Crippen LogP contribution in [0.15, 0.2) is 23.1 Å². The molecule has 0 saturated heterocycles. The van der Waals surface area contributed by atoms with Gasteiger partial charge in [0, 0.05) is 18.7 Å². The fourth-order valence-electron chi connectivity index (χ4n) is 1.72. The minimum Gasteiger partial charge on any atom is -0.495 e. The molecule has 0 spiro atoms. The third-order valence-corrected chi connectivity index (χ3v) is 3.67. The molecule has 0 fully saturated rings. The molecule has 0 radical (unpaired) electrons. The standard InChI is InChI=1S/C13H20N2O5S/c1-4-20-9(2)8-15-13(16)10-5-6-11(19-3)12(7-10)21(14,17)18/h5-7,9H,4,8H2,1-3H3,(H,15,16)(H2,14,17,18). The van der Waals surface area contributed by atoms with E-state index in [0.29, 0.717) is 13.2 Å². The van der Waals surface area contributed by atoms with E-state index >= 15 is 0 Å². The van der Waals surface area contributed by atoms with Crippen LogP contribution in [-0.4, -0.2) is 40.7 Å². The highest BCUT2D eigenvalue weighted by Crippen LogP contribution is 2.23. The number of ether oxygens (including phenoxy) is 2. The second kappa shape index (κ2) is 7.39. The fourth-order valence-corrected chi connectivity index (χ4v) is 2.45. The van der Waals surface area contributed by atoms with Crippen LogP contribution in [0.3, 0.4) is 0 Å². The fraction of sp³-hybridized carbons (Fsp3) is 0.462. The molecule has 7 nitrogen and oxygen atoms in total. The van der Waals surface area contributed by atoms with Crippen molar-refractivity contribution in [1.82, 2.24) is 5.32 Å². The van der Waals surface area contributed by atoms with E-state index in [9.17, 15) is 13.2 Å². The van der Waals surface area contributed by atoms with Gasteiger partial charge in [0.15, 0.2) is 0 Å². The van der Waals surface area contributed by atoms with Crippen LogP contribution in [0.2, 0.25) is 0 Å². The number of carbonyl (C=O) groups excluding carboxylic acids is 1. The number of nitrogens with two attached hydrogens (primary N) is 1. The molecule has 0 aliphatic carbocycles. The van der Waals surface area contributed by atoms with Crippen LogP contribution in [0.1, 0.15) is 24.2 Å². The second-order valence-corrected chi connectivity index (χ2v) is 5.92. The average molecular weight is 316 g/mol. The monoisotopic (exact) mass is 316 g/mol. The van der Waals surface area contributed by atoms with E-state index in [-0.39, 0.29) is 22.3 Å². The number of hydrogen-bond acceptors (Lipinski definition) is 5. The summed E-state index contributed by atoms with van der Waals surface area (Å²) in [5, 5.41) is 7.76. The Kier molecular flexibility index (Phi) is 6.13. The van der Waals surface area contributed by atoms with E-state index in [0.717, 1.165) is 0 Å². The first kappa shape index (κ1) is 17.4. The molecule has 21 heavy (non-hydrogen) atoms. The van der Waals surface area contributed by atoms with E-state index in [1.54, 1.807) is 0 Å². The molecule has 1 atom stereocenters. The van der Waals surface area contributed by atoms with E-state index in [4.69, 9.17) is 14.6 Å². The van der Waals surface area contributed by atoms with Crippen LogP contribution in [0.5, 0.6) is 5.75 Å². The minimum absolute atomic E-state index is 0.0942. The third kappa shape index (κ3) is 5.00. The molecule has 1 aromatic rings. The number of methoxy groups -OCH3 is 1. The van der Waals surface area contributed by atoms with E-state index in [1.165, 1.54) is 25.3 Å². The predicted molar refractivity (Wildman–Crippen MR) is 77.8 cm³/mol. The highest BCUT2D eigenvalue weighted by molar-refractivity contribution is 7.89. The van der Waals surface area contributed by atoms with Crippen LogP contribution < -0.4 is 15.2 Å². The van der Waals surface area contributed by atoms with Gasteiger partial charge in [-0.1, -0.05) is 0 Å². The maximum Gasteiger partial charge on any atom is 0.251 e. The normalized spacial score (nSPS) is 12.8. The Bertz CT molecular complexity index is 601. The van der Waals surface area contributed by atoms with Crippen LogP contribution in [0.25, 0.3) is 0 Å². The smallest absolute Gasteiger partial charge is 0.251 e. The number of amides is 1. The molecule has 0 aromatic heterocycles. The molecule has 1 amide bonds. The van der Waals surface area contributed by atoms with Crippen molar-refractivity contribution < 1.29 is 22.7 Å². The number of primary sulfonamides is 1. The van der Waals surface area contributed by atoms with Crippen LogP contribution in [0.4, 0.5) is 0 Å². The zero-order valence-electron chi connectivity index (χ0n) is 12.3. The van der Waals surface area contributed by atoms with Gasteiger partial charge in [-0.2, -0.15) is 0 Å². The molecule has 1 unspecified atom stereocenters. The number of nitrogens with one attached hydrogen (secondary N) is 1. The van der Waals surface area contributed by atoms with Gasteiger partial charge in [0.2, 0.25) is 10.0 Å². The van der Waals surface area contributed by atoms with Gasteiger partial charge in [0.05, 0.1) is 13.2 Å². The Balaban J connectivity index is 2.91. The Hall–Kier alpha value is -1.64. The SMILES string of the molecule is CCOC(C)CNC(=O)c1ccc(OC)c(S(N)(=O)=O)c1. The van der Waals surface area contributed by atoms with Gasteiger partial charge >= 0.3 is 0 Å². The van der Waals surface area contributed by atoms with Crippen LogP contribution >= 0.6 is 0 Å². The number of carbonyl (C=O) groups is 1. The number of sulfonamides is 1. The topological polar surface area (TPSA) is 108 Å². The highest BCUT2D eigenvalue weighted by atomic mass is 32.2. The van der Waals surface area contributed by atoms with Gasteiger partial charge in [0.25, 0.3) is 5.91 Å². The summed E-state index contributed by atoms with van der Waals surface area (Å²) in [4.78, 5) is 11.8. The first-order valence-corrected chi connectivity index (χ1v) is 7.94. The molecule has 8 heteroatoms. The van der Waals surface area contributed by atoms with Crippen molar-refractivity contribution in [2.75, 3.05) is 20.3 Å². The lowest BCUT2D eigenvalue weighted by Gasteiger charge is -2.13. The lowest BCUT2D eigenvalue weighted by atomic mass is 10.2. The molecule has 1 aromatic carbocycles. The van der Waals surface area contributed by atoms with Gasteiger partial charge in [-0.15, -0.1) is 0 Å². The molecule has 0 aliphatic heterocycles. The summed E-state index contributed by atoms with van der Waals surface area (Å²) in [6.45, 7) is 4.56. The summed E-state index contributed by atoms with van der Waals surface area (Å²) in [6.07, 6.45) is -0.130. The third-order valence-electron chi connectivity index (χ3n) is 2.73. The van der Waals surface area contributed by atoms with Crippen molar-refractivity contribution in [3.8, 4) is 5.75 Å². The number of benzene rings is 1. The molecule has 118 valence electrons. The van der Waals surface area contributed by atoms with Gasteiger partial charge in [-0.05, 0) is 32.0 Å². The molecular formula is C13H20N2O5S. The average Bonchev–Trinajstić information content (AvgIpc) is 2.43. The molecule has 1 rings (SSSR count). The molecule has 0 saturated carbocycles. The van der Waals surface area contributed by atoms with Crippen LogP contribution in [-0.2, 0) is 14.8 Å². The van der Waals surface area contributed by atoms with Crippen LogP contribution in [0, 0.1) is 0 Å². The largest absolute Gasteiger partial charge is 0.495 e. The van der Waals surface area contributed by atoms with Crippen molar-refractivity contribution in [3.63, 3.8) is 0 Å². The maximum atomic E-state index is 12.0. The van der Waals surface area contributed by atoms with Gasteiger partial charge in [0.1, 0.15) is 10.6 Å². The quantitative estimate of drug-likeness (QED) is 0.761. The van der Waals surface area contributed by atoms with Crippen molar-refractivity contribution >= 4 is 15.9 Å². The maximum absolute atomic E-state index is 12.0. The molecule has 0 aliphatic rings. The Labute approximate surface area is 124 Å². The summed E-state index contributed by atoms with van der Waals surface area (Å²) in [6, 6.07) is 4.05. The van der Waals surface area contributed by atoms with Crippen molar-refractivity contribution in [1.29, 1.82) is 0 Å². The summed E-state index contributed by atoms with van der Waals surface area (Å²) in [5.41, 5.74) is 0.184.